The summed E-state index contributed by atoms with van der Waals surface area (Å²) in [6.45, 7) is 5.00. The van der Waals surface area contributed by atoms with E-state index < -0.39 is 11.8 Å². The number of furan rings is 1. The molecule has 3 rings (SSSR count). The van der Waals surface area contributed by atoms with E-state index in [9.17, 15) is 14.4 Å². The maximum absolute atomic E-state index is 12.5. The van der Waals surface area contributed by atoms with Gasteiger partial charge >= 0.3 is 11.8 Å². The number of carbonyl (C=O) groups excluding carboxylic acids is 3. The summed E-state index contributed by atoms with van der Waals surface area (Å²) in [4.78, 5) is 40.2. The number of ether oxygens (including phenoxy) is 1. The van der Waals surface area contributed by atoms with Crippen molar-refractivity contribution < 1.29 is 23.5 Å². The second-order valence-electron chi connectivity index (χ2n) is 6.68. The van der Waals surface area contributed by atoms with Gasteiger partial charge in [0.05, 0.1) is 18.1 Å². The van der Waals surface area contributed by atoms with Gasteiger partial charge in [0, 0.05) is 26.2 Å². The first-order valence-corrected chi connectivity index (χ1v) is 9.14. The molecule has 1 fully saturated rings. The van der Waals surface area contributed by atoms with Gasteiger partial charge in [0.1, 0.15) is 5.75 Å². The van der Waals surface area contributed by atoms with Crippen molar-refractivity contribution in [1.29, 1.82) is 0 Å². The number of hydrogen-bond acceptors (Lipinski definition) is 5. The Bertz CT molecular complexity index is 839. The summed E-state index contributed by atoms with van der Waals surface area (Å²) >= 11 is 0. The summed E-state index contributed by atoms with van der Waals surface area (Å²) in [5, 5.41) is 2.62. The van der Waals surface area contributed by atoms with Crippen molar-refractivity contribution >= 4 is 23.4 Å². The zero-order chi connectivity index (χ0) is 20.1. The number of amides is 3. The van der Waals surface area contributed by atoms with Crippen LogP contribution in [0, 0.1) is 0 Å². The first-order chi connectivity index (χ1) is 13.5. The Hall–Kier alpha value is -3.29. The largest absolute Gasteiger partial charge is 0.489 e. The molecule has 1 aliphatic rings. The van der Waals surface area contributed by atoms with Crippen LogP contribution in [-0.2, 0) is 9.59 Å². The van der Waals surface area contributed by atoms with Gasteiger partial charge in [0.2, 0.25) is 0 Å². The third kappa shape index (κ3) is 4.51. The summed E-state index contributed by atoms with van der Waals surface area (Å²) in [5.41, 5.74) is 0.446. The van der Waals surface area contributed by atoms with Crippen molar-refractivity contribution in [1.82, 2.24) is 9.80 Å². The number of anilines is 1. The molecule has 8 heteroatoms. The Morgan fingerprint density at radius 3 is 2.32 bits per heavy atom. The van der Waals surface area contributed by atoms with Crippen molar-refractivity contribution in [2.45, 2.75) is 20.0 Å². The molecular formula is C20H23N3O5. The molecule has 0 radical (unpaired) electrons. The second-order valence-corrected chi connectivity index (χ2v) is 6.68. The number of carbonyl (C=O) groups is 3. The zero-order valence-electron chi connectivity index (χ0n) is 15.9. The van der Waals surface area contributed by atoms with Crippen LogP contribution in [0.4, 0.5) is 5.69 Å². The molecule has 2 heterocycles. The highest BCUT2D eigenvalue weighted by Crippen LogP contribution is 2.25. The normalized spacial score (nSPS) is 14.1. The fourth-order valence-electron chi connectivity index (χ4n) is 2.91. The predicted molar refractivity (Wildman–Crippen MR) is 102 cm³/mol. The SMILES string of the molecule is CC(C)Oc1ccccc1NC(=O)C(=O)N1CCN(C(=O)c2ccco2)CC1. The van der Waals surface area contributed by atoms with Gasteiger partial charge in [0.25, 0.3) is 5.91 Å². The minimum atomic E-state index is -0.731. The number of piperazine rings is 1. The molecule has 8 nitrogen and oxygen atoms in total. The van der Waals surface area contributed by atoms with Crippen LogP contribution in [0.15, 0.2) is 47.1 Å². The number of nitrogens with zero attached hydrogens (tertiary/aromatic N) is 2. The van der Waals surface area contributed by atoms with Crippen molar-refractivity contribution in [3.8, 4) is 5.75 Å². The maximum Gasteiger partial charge on any atom is 0.314 e. The summed E-state index contributed by atoms with van der Waals surface area (Å²) < 4.78 is 10.8. The zero-order valence-corrected chi connectivity index (χ0v) is 15.9. The van der Waals surface area contributed by atoms with E-state index >= 15 is 0 Å². The summed E-state index contributed by atoms with van der Waals surface area (Å²) in [6.07, 6.45) is 1.38. The Morgan fingerprint density at radius 2 is 1.68 bits per heavy atom. The molecule has 1 aliphatic heterocycles. The van der Waals surface area contributed by atoms with E-state index in [1.165, 1.54) is 11.2 Å². The number of nitrogens with one attached hydrogen (secondary N) is 1. The van der Waals surface area contributed by atoms with Crippen molar-refractivity contribution in [2.75, 3.05) is 31.5 Å². The Labute approximate surface area is 163 Å². The minimum absolute atomic E-state index is 0.0615. The number of benzene rings is 1. The minimum Gasteiger partial charge on any atom is -0.489 e. The highest BCUT2D eigenvalue weighted by molar-refractivity contribution is 6.39. The van der Waals surface area contributed by atoms with Gasteiger partial charge in [-0.15, -0.1) is 0 Å². The number of rotatable bonds is 4. The molecule has 2 aromatic rings. The van der Waals surface area contributed by atoms with E-state index in [0.717, 1.165) is 0 Å². The highest BCUT2D eigenvalue weighted by Gasteiger charge is 2.29. The summed E-state index contributed by atoms with van der Waals surface area (Å²) in [6, 6.07) is 10.2. The monoisotopic (exact) mass is 385 g/mol. The van der Waals surface area contributed by atoms with E-state index in [1.807, 2.05) is 13.8 Å². The van der Waals surface area contributed by atoms with Crippen LogP contribution in [0.3, 0.4) is 0 Å². The third-order valence-corrected chi connectivity index (χ3v) is 4.28. The van der Waals surface area contributed by atoms with Crippen molar-refractivity contribution in [2.24, 2.45) is 0 Å². The Balaban J connectivity index is 1.57. The Kier molecular flexibility index (Phi) is 5.98. The summed E-state index contributed by atoms with van der Waals surface area (Å²) in [7, 11) is 0. The predicted octanol–water partition coefficient (Wildman–Crippen LogP) is 1.99. The van der Waals surface area contributed by atoms with Gasteiger partial charge in [-0.2, -0.15) is 0 Å². The molecule has 0 saturated carbocycles. The van der Waals surface area contributed by atoms with Crippen LogP contribution < -0.4 is 10.1 Å². The van der Waals surface area contributed by atoms with E-state index in [4.69, 9.17) is 9.15 Å². The molecule has 0 atom stereocenters. The highest BCUT2D eigenvalue weighted by atomic mass is 16.5. The smallest absolute Gasteiger partial charge is 0.314 e. The molecular weight excluding hydrogens is 362 g/mol. The van der Waals surface area contributed by atoms with Crippen LogP contribution >= 0.6 is 0 Å². The number of hydrogen-bond donors (Lipinski definition) is 1. The average Bonchev–Trinajstić information content (AvgIpc) is 3.23. The van der Waals surface area contributed by atoms with Gasteiger partial charge in [0.15, 0.2) is 5.76 Å². The lowest BCUT2D eigenvalue weighted by Crippen LogP contribution is -2.53. The standard InChI is InChI=1S/C20H23N3O5/c1-14(2)28-16-7-4-3-6-15(16)21-18(24)20(26)23-11-9-22(10-12-23)19(25)17-8-5-13-27-17/h3-8,13-14H,9-12H2,1-2H3,(H,21,24). The van der Waals surface area contributed by atoms with Gasteiger partial charge in [-0.3, -0.25) is 14.4 Å². The van der Waals surface area contributed by atoms with Crippen LogP contribution in [-0.4, -0.2) is 59.8 Å². The molecule has 148 valence electrons. The molecule has 0 bridgehead atoms. The topological polar surface area (TPSA) is 92.1 Å². The molecule has 1 aromatic carbocycles. The average molecular weight is 385 g/mol. The lowest BCUT2D eigenvalue weighted by Gasteiger charge is -2.33. The van der Waals surface area contributed by atoms with Crippen LogP contribution in [0.25, 0.3) is 0 Å². The summed E-state index contributed by atoms with van der Waals surface area (Å²) in [5.74, 6) is -0.817. The van der Waals surface area contributed by atoms with E-state index in [2.05, 4.69) is 5.32 Å². The van der Waals surface area contributed by atoms with E-state index in [0.29, 0.717) is 24.5 Å². The fraction of sp³-hybridized carbons (Fsp3) is 0.350. The molecule has 0 unspecified atom stereocenters. The lowest BCUT2D eigenvalue weighted by atomic mass is 10.2. The Morgan fingerprint density at radius 1 is 1.00 bits per heavy atom. The van der Waals surface area contributed by atoms with Crippen LogP contribution in [0.2, 0.25) is 0 Å². The maximum atomic E-state index is 12.5. The van der Waals surface area contributed by atoms with Crippen molar-refractivity contribution in [3.05, 3.63) is 48.4 Å². The molecule has 1 aromatic heterocycles. The quantitative estimate of drug-likeness (QED) is 0.813. The van der Waals surface area contributed by atoms with Gasteiger partial charge in [-0.05, 0) is 38.1 Å². The van der Waals surface area contributed by atoms with E-state index in [1.54, 1.807) is 41.3 Å². The number of para-hydroxylation sites is 2. The molecule has 1 saturated heterocycles. The van der Waals surface area contributed by atoms with Crippen LogP contribution in [0.5, 0.6) is 5.75 Å². The van der Waals surface area contributed by atoms with Crippen molar-refractivity contribution in [3.63, 3.8) is 0 Å². The van der Waals surface area contributed by atoms with Crippen LogP contribution in [0.1, 0.15) is 24.4 Å². The molecule has 3 amide bonds. The van der Waals surface area contributed by atoms with Gasteiger partial charge < -0.3 is 24.3 Å². The fourth-order valence-corrected chi connectivity index (χ4v) is 2.91. The van der Waals surface area contributed by atoms with E-state index in [-0.39, 0.29) is 30.9 Å². The first-order valence-electron chi connectivity index (χ1n) is 9.14. The molecule has 0 spiro atoms. The van der Waals surface area contributed by atoms with Gasteiger partial charge in [-0.1, -0.05) is 12.1 Å². The van der Waals surface area contributed by atoms with Gasteiger partial charge in [-0.25, -0.2) is 0 Å². The molecule has 28 heavy (non-hydrogen) atoms. The lowest BCUT2D eigenvalue weighted by molar-refractivity contribution is -0.144. The second kappa shape index (κ2) is 8.60. The molecule has 1 N–H and O–H groups in total. The molecule has 0 aliphatic carbocycles. The third-order valence-electron chi connectivity index (χ3n) is 4.28. The first kappa shape index (κ1) is 19.5.